The van der Waals surface area contributed by atoms with E-state index in [0.717, 1.165) is 0 Å². The topological polar surface area (TPSA) is 47.4 Å². The average molecular weight is 312 g/mol. The van der Waals surface area contributed by atoms with E-state index in [0.29, 0.717) is 20.3 Å². The SMILES string of the molecule is N=C1C(CCl)SC(=S)N1N1C(=O)CSC1=S. The van der Waals surface area contributed by atoms with Gasteiger partial charge in [0.25, 0.3) is 5.91 Å². The van der Waals surface area contributed by atoms with Gasteiger partial charge in [0.2, 0.25) is 0 Å². The fourth-order valence-corrected chi connectivity index (χ4v) is 3.99. The Bertz CT molecular complexity index is 385. The average Bonchev–Trinajstić information content (AvgIpc) is 2.70. The number of halogens is 1. The zero-order valence-electron chi connectivity index (χ0n) is 7.81. The lowest BCUT2D eigenvalue weighted by molar-refractivity contribution is -0.128. The summed E-state index contributed by atoms with van der Waals surface area (Å²) >= 11 is 18.5. The van der Waals surface area contributed by atoms with Crippen molar-refractivity contribution < 1.29 is 4.79 Å². The van der Waals surface area contributed by atoms with Gasteiger partial charge in [0, 0.05) is 5.88 Å². The van der Waals surface area contributed by atoms with Gasteiger partial charge < -0.3 is 0 Å². The van der Waals surface area contributed by atoms with Crippen molar-refractivity contribution >= 4 is 79.9 Å². The Hall–Kier alpha value is 0.110. The number of nitrogens with one attached hydrogen (secondary N) is 1. The van der Waals surface area contributed by atoms with Crippen LogP contribution in [0.25, 0.3) is 0 Å². The highest BCUT2D eigenvalue weighted by Crippen LogP contribution is 2.33. The third-order valence-electron chi connectivity index (χ3n) is 2.02. The minimum Gasteiger partial charge on any atom is -0.286 e. The Morgan fingerprint density at radius 2 is 2.12 bits per heavy atom. The maximum absolute atomic E-state index is 11.6. The van der Waals surface area contributed by atoms with Crippen molar-refractivity contribution in [3.63, 3.8) is 0 Å². The second-order valence-electron chi connectivity index (χ2n) is 2.98. The van der Waals surface area contributed by atoms with Crippen molar-refractivity contribution in [3.05, 3.63) is 0 Å². The maximum atomic E-state index is 11.6. The number of carbonyl (C=O) groups is 1. The summed E-state index contributed by atoms with van der Waals surface area (Å²) in [7, 11) is 0. The number of hydrogen-bond acceptors (Lipinski definition) is 6. The van der Waals surface area contributed by atoms with Crippen LogP contribution in [0, 0.1) is 5.41 Å². The van der Waals surface area contributed by atoms with Crippen molar-refractivity contribution in [1.82, 2.24) is 10.0 Å². The molecule has 1 amide bonds. The van der Waals surface area contributed by atoms with E-state index < -0.39 is 0 Å². The Balaban J connectivity index is 2.27. The molecule has 1 N–H and O–H groups in total. The van der Waals surface area contributed by atoms with Crippen LogP contribution in [0.1, 0.15) is 0 Å². The first-order chi connectivity index (χ1) is 7.56. The Morgan fingerprint density at radius 1 is 1.44 bits per heavy atom. The van der Waals surface area contributed by atoms with E-state index >= 15 is 0 Å². The van der Waals surface area contributed by atoms with Crippen molar-refractivity contribution in [2.75, 3.05) is 11.6 Å². The Kier molecular flexibility index (Phi) is 3.75. The number of rotatable bonds is 2. The van der Waals surface area contributed by atoms with Gasteiger partial charge in [-0.3, -0.25) is 10.2 Å². The number of thioether (sulfide) groups is 2. The summed E-state index contributed by atoms with van der Waals surface area (Å²) in [6.07, 6.45) is 0. The lowest BCUT2D eigenvalue weighted by atomic mass is 10.4. The van der Waals surface area contributed by atoms with E-state index in [1.807, 2.05) is 0 Å². The molecule has 0 bridgehead atoms. The molecule has 86 valence electrons. The molecule has 1 unspecified atom stereocenters. The van der Waals surface area contributed by atoms with Crippen LogP contribution in [-0.4, -0.2) is 47.3 Å². The van der Waals surface area contributed by atoms with E-state index in [1.54, 1.807) is 0 Å². The highest BCUT2D eigenvalue weighted by molar-refractivity contribution is 8.25. The van der Waals surface area contributed by atoms with Gasteiger partial charge in [-0.25, -0.2) is 5.01 Å². The number of carbonyl (C=O) groups excluding carboxylic acids is 1. The second kappa shape index (κ2) is 4.77. The van der Waals surface area contributed by atoms with Gasteiger partial charge >= 0.3 is 0 Å². The number of alkyl halides is 1. The van der Waals surface area contributed by atoms with Crippen LogP contribution >= 0.6 is 59.6 Å². The number of thiocarbonyl (C=S) groups is 2. The standard InChI is InChI=1S/C7H6ClN3OS4/c8-1-3-5(9)11(7(14)16-3)10-4(12)2-15-6(10)13/h3,9H,1-2H2. The summed E-state index contributed by atoms with van der Waals surface area (Å²) in [4.78, 5) is 11.6. The summed E-state index contributed by atoms with van der Waals surface area (Å²) in [5.74, 6) is 0.685. The molecule has 4 nitrogen and oxygen atoms in total. The van der Waals surface area contributed by atoms with Gasteiger partial charge in [0.15, 0.2) is 8.64 Å². The van der Waals surface area contributed by atoms with Crippen LogP contribution in [0.4, 0.5) is 0 Å². The molecule has 0 saturated carbocycles. The van der Waals surface area contributed by atoms with Crippen LogP contribution in [0.5, 0.6) is 0 Å². The van der Waals surface area contributed by atoms with Gasteiger partial charge in [-0.15, -0.1) is 11.6 Å². The zero-order valence-corrected chi connectivity index (χ0v) is 11.8. The molecule has 2 rings (SSSR count). The first kappa shape index (κ1) is 12.6. The summed E-state index contributed by atoms with van der Waals surface area (Å²) in [5.41, 5.74) is 0. The smallest absolute Gasteiger partial charge is 0.257 e. The lowest BCUT2D eigenvalue weighted by Gasteiger charge is -2.27. The normalized spacial score (nSPS) is 26.2. The third kappa shape index (κ3) is 1.97. The van der Waals surface area contributed by atoms with Gasteiger partial charge in [-0.2, -0.15) is 5.01 Å². The molecule has 2 aliphatic rings. The maximum Gasteiger partial charge on any atom is 0.257 e. The molecule has 0 aromatic heterocycles. The number of amides is 1. The van der Waals surface area contributed by atoms with Gasteiger partial charge in [0.05, 0.1) is 11.0 Å². The largest absolute Gasteiger partial charge is 0.286 e. The fraction of sp³-hybridized carbons (Fsp3) is 0.429. The van der Waals surface area contributed by atoms with Crippen LogP contribution in [0.3, 0.4) is 0 Å². The first-order valence-corrected chi connectivity index (χ1v) is 7.42. The summed E-state index contributed by atoms with van der Waals surface area (Å²) < 4.78 is 0.891. The Morgan fingerprint density at radius 3 is 2.56 bits per heavy atom. The predicted molar refractivity (Wildman–Crippen MR) is 76.2 cm³/mol. The van der Waals surface area contributed by atoms with Crippen LogP contribution in [0.2, 0.25) is 0 Å². The third-order valence-corrected chi connectivity index (χ3v) is 5.36. The van der Waals surface area contributed by atoms with Crippen LogP contribution in [-0.2, 0) is 4.79 Å². The highest BCUT2D eigenvalue weighted by atomic mass is 35.5. The Labute approximate surface area is 117 Å². The molecule has 16 heavy (non-hydrogen) atoms. The van der Waals surface area contributed by atoms with E-state index in [9.17, 15) is 4.79 Å². The molecule has 2 saturated heterocycles. The second-order valence-corrected chi connectivity index (χ2v) is 6.74. The van der Waals surface area contributed by atoms with E-state index in [2.05, 4.69) is 0 Å². The van der Waals surface area contributed by atoms with E-state index in [-0.39, 0.29) is 17.0 Å². The number of hydrogen-bond donors (Lipinski definition) is 1. The van der Waals surface area contributed by atoms with Crippen molar-refractivity contribution in [2.24, 2.45) is 0 Å². The molecule has 2 fully saturated rings. The molecular weight excluding hydrogens is 306 g/mol. The van der Waals surface area contributed by atoms with Gasteiger partial charge in [-0.05, 0) is 0 Å². The van der Waals surface area contributed by atoms with E-state index in [1.165, 1.54) is 33.5 Å². The molecule has 0 aromatic rings. The number of nitrogens with zero attached hydrogens (tertiary/aromatic N) is 2. The fourth-order valence-electron chi connectivity index (χ4n) is 1.30. The molecule has 0 aliphatic carbocycles. The lowest BCUT2D eigenvalue weighted by Crippen LogP contribution is -2.48. The minimum absolute atomic E-state index is 0.141. The summed E-state index contributed by atoms with van der Waals surface area (Å²) in [5, 5.41) is 10.4. The molecule has 0 aromatic carbocycles. The van der Waals surface area contributed by atoms with E-state index in [4.69, 9.17) is 41.4 Å². The number of amidine groups is 1. The monoisotopic (exact) mass is 311 g/mol. The minimum atomic E-state index is -0.199. The molecular formula is C7H6ClN3OS4. The van der Waals surface area contributed by atoms with Crippen LogP contribution in [0.15, 0.2) is 0 Å². The van der Waals surface area contributed by atoms with Crippen molar-refractivity contribution in [2.45, 2.75) is 5.25 Å². The van der Waals surface area contributed by atoms with Crippen molar-refractivity contribution in [1.29, 1.82) is 5.41 Å². The molecule has 0 radical (unpaired) electrons. The van der Waals surface area contributed by atoms with Gasteiger partial charge in [-0.1, -0.05) is 48.0 Å². The van der Waals surface area contributed by atoms with Crippen LogP contribution < -0.4 is 0 Å². The molecule has 9 heteroatoms. The highest BCUT2D eigenvalue weighted by Gasteiger charge is 2.42. The van der Waals surface area contributed by atoms with Gasteiger partial charge in [0.1, 0.15) is 5.84 Å². The molecule has 2 aliphatic heterocycles. The molecule has 1 atom stereocenters. The summed E-state index contributed by atoms with van der Waals surface area (Å²) in [6, 6.07) is 0. The number of hydrazine groups is 1. The molecule has 2 heterocycles. The predicted octanol–water partition coefficient (Wildman–Crippen LogP) is 1.68. The zero-order chi connectivity index (χ0) is 11.9. The first-order valence-electron chi connectivity index (χ1n) is 4.21. The quantitative estimate of drug-likeness (QED) is 0.618. The molecule has 0 spiro atoms. The summed E-state index contributed by atoms with van der Waals surface area (Å²) in [6.45, 7) is 0. The van der Waals surface area contributed by atoms with Crippen molar-refractivity contribution in [3.8, 4) is 0 Å².